The zero-order valence-electron chi connectivity index (χ0n) is 25.5. The van der Waals surface area contributed by atoms with Gasteiger partial charge >= 0.3 is 0 Å². The Kier molecular flexibility index (Phi) is 9.48. The third-order valence-corrected chi connectivity index (χ3v) is 8.06. The van der Waals surface area contributed by atoms with Gasteiger partial charge in [-0.1, -0.05) is 54.6 Å². The number of nitrogens with one attached hydrogen (secondary N) is 2. The molecule has 1 saturated heterocycles. The Morgan fingerprint density at radius 2 is 1.69 bits per heavy atom. The summed E-state index contributed by atoms with van der Waals surface area (Å²) in [5, 5.41) is 16.8. The van der Waals surface area contributed by atoms with E-state index in [0.717, 1.165) is 16.5 Å². The van der Waals surface area contributed by atoms with Crippen LogP contribution in [0.25, 0.3) is 10.9 Å². The van der Waals surface area contributed by atoms with Gasteiger partial charge in [0, 0.05) is 68.4 Å². The number of aliphatic hydroxyl groups excluding tert-OH is 1. The lowest BCUT2D eigenvalue weighted by Crippen LogP contribution is -2.56. The van der Waals surface area contributed by atoms with E-state index in [2.05, 4.69) is 10.6 Å². The second-order valence-electron chi connectivity index (χ2n) is 11.2. The molecule has 1 fully saturated rings. The van der Waals surface area contributed by atoms with Gasteiger partial charge in [0.2, 0.25) is 11.8 Å². The average Bonchev–Trinajstić information content (AvgIpc) is 3.62. The zero-order valence-corrected chi connectivity index (χ0v) is 25.5. The van der Waals surface area contributed by atoms with Crippen LogP contribution in [0.2, 0.25) is 0 Å². The quantitative estimate of drug-likeness (QED) is 0.252. The minimum Gasteiger partial charge on any atom is -0.496 e. The Morgan fingerprint density at radius 3 is 2.44 bits per heavy atom. The molecule has 1 aromatic heterocycles. The summed E-state index contributed by atoms with van der Waals surface area (Å²) in [5.41, 5.74) is 2.45. The van der Waals surface area contributed by atoms with Crippen LogP contribution in [0, 0.1) is 0 Å². The summed E-state index contributed by atoms with van der Waals surface area (Å²) >= 11 is 0. The molecule has 0 saturated carbocycles. The van der Waals surface area contributed by atoms with E-state index in [1.165, 1.54) is 9.80 Å². The predicted octanol–water partition coefficient (Wildman–Crippen LogP) is 2.34. The van der Waals surface area contributed by atoms with Gasteiger partial charge in [-0.05, 0) is 24.3 Å². The Bertz CT molecular complexity index is 1700. The standard InChI is InChI=1S/C34H37N5O6/c1-37-21-26(25-14-8-9-15-28(25)37)33(43)39-20-24(40)17-29(39)32(42)36-27(18-35-31(41)22-11-5-4-6-12-22)34(44)38(2)19-23-13-7-10-16-30(23)45-3/h4-16,21,24,27,29,40H,17-20H2,1-3H3,(H,35,41)(H,36,42). The molecule has 3 unspecified atom stereocenters. The number of fused-ring (bicyclic) bond motifs is 1. The first-order valence-corrected chi connectivity index (χ1v) is 14.7. The number of likely N-dealkylation sites (N-methyl/N-ethyl adjacent to an activating group) is 1. The number of ether oxygens (including phenoxy) is 1. The van der Waals surface area contributed by atoms with Crippen molar-refractivity contribution in [3.05, 3.63) is 102 Å². The summed E-state index contributed by atoms with van der Waals surface area (Å²) in [7, 11) is 4.98. The van der Waals surface area contributed by atoms with Gasteiger partial charge in [-0.15, -0.1) is 0 Å². The Hall–Kier alpha value is -5.16. The first-order valence-electron chi connectivity index (χ1n) is 14.7. The molecule has 0 radical (unpaired) electrons. The van der Waals surface area contributed by atoms with E-state index >= 15 is 0 Å². The van der Waals surface area contributed by atoms with Crippen LogP contribution < -0.4 is 15.4 Å². The number of benzene rings is 3. The number of aromatic nitrogens is 1. The molecular formula is C34H37N5O6. The molecule has 1 aliphatic rings. The van der Waals surface area contributed by atoms with Crippen molar-refractivity contribution < 1.29 is 29.0 Å². The SMILES string of the molecule is COc1ccccc1CN(C)C(=O)C(CNC(=O)c1ccccc1)NC(=O)C1CC(O)CN1C(=O)c1cn(C)c2ccccc12. The summed E-state index contributed by atoms with van der Waals surface area (Å²) in [4.78, 5) is 57.0. The fourth-order valence-corrected chi connectivity index (χ4v) is 5.74. The topological polar surface area (TPSA) is 133 Å². The number of β-amino-alcohol motifs (C(OH)–C–C–N with tert-alkyl or cyclic N) is 1. The monoisotopic (exact) mass is 611 g/mol. The summed E-state index contributed by atoms with van der Waals surface area (Å²) < 4.78 is 7.27. The third-order valence-electron chi connectivity index (χ3n) is 8.06. The number of likely N-dealkylation sites (tertiary alicyclic amines) is 1. The van der Waals surface area contributed by atoms with Gasteiger partial charge in [0.05, 0.1) is 18.8 Å². The van der Waals surface area contributed by atoms with Gasteiger partial charge < -0.3 is 34.8 Å². The van der Waals surface area contributed by atoms with E-state index in [9.17, 15) is 24.3 Å². The summed E-state index contributed by atoms with van der Waals surface area (Å²) in [5.74, 6) is -1.24. The second kappa shape index (κ2) is 13.6. The van der Waals surface area contributed by atoms with Crippen LogP contribution in [-0.4, -0.2) is 88.5 Å². The van der Waals surface area contributed by atoms with Crippen LogP contribution in [0.5, 0.6) is 5.75 Å². The Labute approximate surface area is 261 Å². The maximum atomic E-state index is 13.8. The van der Waals surface area contributed by atoms with Crippen molar-refractivity contribution in [2.75, 3.05) is 27.2 Å². The molecule has 3 aromatic carbocycles. The van der Waals surface area contributed by atoms with Gasteiger partial charge in [-0.2, -0.15) is 0 Å². The number of carbonyl (C=O) groups is 4. The van der Waals surface area contributed by atoms with Crippen LogP contribution in [-0.2, 0) is 23.2 Å². The molecule has 11 heteroatoms. The highest BCUT2D eigenvalue weighted by Crippen LogP contribution is 2.26. The molecule has 0 bridgehead atoms. The molecule has 4 amide bonds. The van der Waals surface area contributed by atoms with E-state index in [1.807, 2.05) is 54.1 Å². The molecule has 11 nitrogen and oxygen atoms in total. The van der Waals surface area contributed by atoms with Crippen LogP contribution in [0.4, 0.5) is 0 Å². The number of para-hydroxylation sites is 2. The normalized spacial score (nSPS) is 16.7. The fraction of sp³-hybridized carbons (Fsp3) is 0.294. The van der Waals surface area contributed by atoms with Crippen molar-refractivity contribution >= 4 is 34.5 Å². The lowest BCUT2D eigenvalue weighted by molar-refractivity contribution is -0.136. The van der Waals surface area contributed by atoms with Crippen molar-refractivity contribution in [3.8, 4) is 5.75 Å². The van der Waals surface area contributed by atoms with Crippen LogP contribution >= 0.6 is 0 Å². The third kappa shape index (κ3) is 6.83. The highest BCUT2D eigenvalue weighted by atomic mass is 16.5. The summed E-state index contributed by atoms with van der Waals surface area (Å²) in [6.07, 6.45) is 0.807. The number of aliphatic hydroxyl groups is 1. The van der Waals surface area contributed by atoms with Gasteiger partial charge in [0.1, 0.15) is 17.8 Å². The molecular weight excluding hydrogens is 574 g/mol. The maximum Gasteiger partial charge on any atom is 0.256 e. The number of aryl methyl sites for hydroxylation is 1. The lowest BCUT2D eigenvalue weighted by Gasteiger charge is -2.28. The predicted molar refractivity (Wildman–Crippen MR) is 169 cm³/mol. The van der Waals surface area contributed by atoms with E-state index in [4.69, 9.17) is 4.74 Å². The average molecular weight is 612 g/mol. The van der Waals surface area contributed by atoms with Crippen LogP contribution in [0.1, 0.15) is 32.7 Å². The number of methoxy groups -OCH3 is 1. The molecule has 0 spiro atoms. The Balaban J connectivity index is 1.36. The summed E-state index contributed by atoms with van der Waals surface area (Å²) in [6, 6.07) is 21.1. The molecule has 5 rings (SSSR count). The first kappa shape index (κ1) is 31.3. The van der Waals surface area contributed by atoms with Crippen molar-refractivity contribution in [1.29, 1.82) is 0 Å². The van der Waals surface area contributed by atoms with Crippen molar-refractivity contribution in [1.82, 2.24) is 25.0 Å². The van der Waals surface area contributed by atoms with Gasteiger partial charge in [-0.25, -0.2) is 0 Å². The molecule has 3 atom stereocenters. The number of carbonyl (C=O) groups excluding carboxylic acids is 4. The summed E-state index contributed by atoms with van der Waals surface area (Å²) in [6.45, 7) is -0.0337. The van der Waals surface area contributed by atoms with Crippen molar-refractivity contribution in [2.45, 2.75) is 31.2 Å². The van der Waals surface area contributed by atoms with Gasteiger partial charge in [0.25, 0.3) is 11.8 Å². The van der Waals surface area contributed by atoms with Crippen molar-refractivity contribution in [2.24, 2.45) is 7.05 Å². The van der Waals surface area contributed by atoms with E-state index in [0.29, 0.717) is 16.9 Å². The smallest absolute Gasteiger partial charge is 0.256 e. The highest BCUT2D eigenvalue weighted by Gasteiger charge is 2.41. The number of rotatable bonds is 10. The minimum absolute atomic E-state index is 0.0106. The largest absolute Gasteiger partial charge is 0.496 e. The molecule has 234 valence electrons. The second-order valence-corrected chi connectivity index (χ2v) is 11.2. The van der Waals surface area contributed by atoms with E-state index in [-0.39, 0.29) is 26.1 Å². The maximum absolute atomic E-state index is 13.8. The Morgan fingerprint density at radius 1 is 1.00 bits per heavy atom. The van der Waals surface area contributed by atoms with Crippen LogP contribution in [0.3, 0.4) is 0 Å². The molecule has 1 aliphatic heterocycles. The number of hydrogen-bond donors (Lipinski definition) is 3. The zero-order chi connectivity index (χ0) is 32.1. The minimum atomic E-state index is -1.16. The molecule has 3 N–H and O–H groups in total. The molecule has 0 aliphatic carbocycles. The van der Waals surface area contributed by atoms with Gasteiger partial charge in [0.15, 0.2) is 0 Å². The highest BCUT2D eigenvalue weighted by molar-refractivity contribution is 6.08. The van der Waals surface area contributed by atoms with E-state index in [1.54, 1.807) is 56.8 Å². The molecule has 2 heterocycles. The molecule has 4 aromatic rings. The van der Waals surface area contributed by atoms with Crippen LogP contribution in [0.15, 0.2) is 85.1 Å². The number of nitrogens with zero attached hydrogens (tertiary/aromatic N) is 3. The van der Waals surface area contributed by atoms with E-state index < -0.39 is 41.8 Å². The number of hydrogen-bond acceptors (Lipinski definition) is 6. The molecule has 45 heavy (non-hydrogen) atoms. The lowest BCUT2D eigenvalue weighted by atomic mass is 10.1. The van der Waals surface area contributed by atoms with Gasteiger partial charge in [-0.3, -0.25) is 19.2 Å². The van der Waals surface area contributed by atoms with Crippen molar-refractivity contribution in [3.63, 3.8) is 0 Å². The number of amides is 4. The fourth-order valence-electron chi connectivity index (χ4n) is 5.74. The first-order chi connectivity index (χ1) is 21.7.